The van der Waals surface area contributed by atoms with Gasteiger partial charge in [0.1, 0.15) is 12.8 Å². The molecule has 2 fully saturated rings. The molecular formula is C23H32N6O7. The molecule has 3 atom stereocenters. The van der Waals surface area contributed by atoms with Crippen molar-refractivity contribution in [2.75, 3.05) is 39.5 Å². The van der Waals surface area contributed by atoms with Crippen molar-refractivity contribution in [3.05, 3.63) is 35.9 Å². The van der Waals surface area contributed by atoms with Crippen LogP contribution in [-0.4, -0.2) is 81.4 Å². The predicted octanol–water partition coefficient (Wildman–Crippen LogP) is -2.26. The van der Waals surface area contributed by atoms with Crippen molar-refractivity contribution < 1.29 is 33.4 Å². The van der Waals surface area contributed by atoms with Gasteiger partial charge in [-0.3, -0.25) is 19.2 Å². The van der Waals surface area contributed by atoms with E-state index in [1.54, 1.807) is 24.3 Å². The highest BCUT2D eigenvalue weighted by Crippen LogP contribution is 2.38. The lowest BCUT2D eigenvalue weighted by Gasteiger charge is -2.49. The van der Waals surface area contributed by atoms with Crippen molar-refractivity contribution >= 4 is 29.7 Å². The molecule has 5 amide bonds. The van der Waals surface area contributed by atoms with Crippen LogP contribution in [0, 0.1) is 11.8 Å². The van der Waals surface area contributed by atoms with Crippen LogP contribution in [0.5, 0.6) is 0 Å². The lowest BCUT2D eigenvalue weighted by atomic mass is 9.69. The zero-order valence-corrected chi connectivity index (χ0v) is 19.8. The summed E-state index contributed by atoms with van der Waals surface area (Å²) in [6.07, 6.45) is 0.337. The largest absolute Gasteiger partial charge is 0.440 e. The highest BCUT2D eigenvalue weighted by Gasteiger charge is 2.44. The number of hydrogen-bond donors (Lipinski definition) is 6. The first-order valence-electron chi connectivity index (χ1n) is 11.7. The first kappa shape index (κ1) is 26.9. The molecule has 2 unspecified atom stereocenters. The molecule has 3 rings (SSSR count). The Morgan fingerprint density at radius 3 is 2.31 bits per heavy atom. The SMILES string of the molecule is NC(=O)OCC(=O)NCC(=O)N[C@@H](Cc1ccccc1)C(=O)NCC(=O)NCOC1C2CNCC1C2. The minimum Gasteiger partial charge on any atom is -0.440 e. The van der Waals surface area contributed by atoms with Crippen molar-refractivity contribution in [3.8, 4) is 0 Å². The highest BCUT2D eigenvalue weighted by molar-refractivity contribution is 5.92. The van der Waals surface area contributed by atoms with Crippen molar-refractivity contribution in [1.29, 1.82) is 0 Å². The van der Waals surface area contributed by atoms with Crippen molar-refractivity contribution in [1.82, 2.24) is 26.6 Å². The Morgan fingerprint density at radius 2 is 1.64 bits per heavy atom. The first-order chi connectivity index (χ1) is 17.3. The van der Waals surface area contributed by atoms with E-state index in [9.17, 15) is 24.0 Å². The molecule has 0 spiro atoms. The van der Waals surface area contributed by atoms with Crippen LogP contribution in [0.1, 0.15) is 12.0 Å². The van der Waals surface area contributed by atoms with E-state index in [-0.39, 0.29) is 25.8 Å². The molecule has 13 nitrogen and oxygen atoms in total. The Kier molecular flexibility index (Phi) is 10.0. The number of benzene rings is 1. The molecule has 196 valence electrons. The summed E-state index contributed by atoms with van der Waals surface area (Å²) in [7, 11) is 0. The fraction of sp³-hybridized carbons (Fsp3) is 0.522. The van der Waals surface area contributed by atoms with Gasteiger partial charge in [0.15, 0.2) is 6.61 Å². The maximum absolute atomic E-state index is 12.8. The van der Waals surface area contributed by atoms with E-state index in [1.807, 2.05) is 6.07 Å². The molecule has 13 heteroatoms. The molecule has 0 radical (unpaired) electrons. The van der Waals surface area contributed by atoms with Crippen molar-refractivity contribution in [3.63, 3.8) is 0 Å². The highest BCUT2D eigenvalue weighted by atomic mass is 16.5. The molecule has 1 heterocycles. The van der Waals surface area contributed by atoms with Crippen LogP contribution in [0.2, 0.25) is 0 Å². The summed E-state index contributed by atoms with van der Waals surface area (Å²) >= 11 is 0. The van der Waals surface area contributed by atoms with Crippen LogP contribution in [0.15, 0.2) is 30.3 Å². The summed E-state index contributed by atoms with van der Waals surface area (Å²) in [6.45, 7) is 0.540. The molecule has 2 bridgehead atoms. The number of piperidine rings is 2. The van der Waals surface area contributed by atoms with Gasteiger partial charge in [-0.1, -0.05) is 30.3 Å². The Morgan fingerprint density at radius 1 is 0.944 bits per heavy atom. The minimum absolute atomic E-state index is 0.0652. The number of fused-ring (bicyclic) bond motifs is 2. The normalized spacial score (nSPS) is 20.7. The smallest absolute Gasteiger partial charge is 0.405 e. The molecule has 36 heavy (non-hydrogen) atoms. The number of primary amides is 1. The Bertz CT molecular complexity index is 930. The second-order valence-electron chi connectivity index (χ2n) is 8.70. The van der Waals surface area contributed by atoms with E-state index in [2.05, 4.69) is 31.3 Å². The van der Waals surface area contributed by atoms with Crippen LogP contribution in [-0.2, 0) is 35.1 Å². The fourth-order valence-electron chi connectivity index (χ4n) is 4.21. The minimum atomic E-state index is -1.12. The maximum atomic E-state index is 12.8. The van der Waals surface area contributed by atoms with Crippen molar-refractivity contribution in [2.45, 2.75) is 25.0 Å². The zero-order chi connectivity index (χ0) is 25.9. The van der Waals surface area contributed by atoms with E-state index < -0.39 is 48.9 Å². The third-order valence-electron chi connectivity index (χ3n) is 6.04. The van der Waals surface area contributed by atoms with Crippen LogP contribution in [0.25, 0.3) is 0 Å². The number of hydrogen-bond acceptors (Lipinski definition) is 8. The average Bonchev–Trinajstić information content (AvgIpc) is 2.87. The zero-order valence-electron chi connectivity index (χ0n) is 19.8. The quantitative estimate of drug-likeness (QED) is 0.162. The Balaban J connectivity index is 1.43. The molecule has 1 aromatic carbocycles. The van der Waals surface area contributed by atoms with Crippen LogP contribution < -0.4 is 32.3 Å². The van der Waals surface area contributed by atoms with Crippen LogP contribution in [0.3, 0.4) is 0 Å². The number of carbonyl (C=O) groups excluding carboxylic acids is 5. The monoisotopic (exact) mass is 504 g/mol. The Labute approximate surface area is 208 Å². The van der Waals surface area contributed by atoms with E-state index in [4.69, 9.17) is 10.5 Å². The number of nitrogens with one attached hydrogen (secondary N) is 5. The van der Waals surface area contributed by atoms with Crippen LogP contribution in [0.4, 0.5) is 4.79 Å². The number of carbonyl (C=O) groups is 5. The number of rotatable bonds is 13. The molecule has 0 aromatic heterocycles. The average molecular weight is 505 g/mol. The van der Waals surface area contributed by atoms with Gasteiger partial charge in [0, 0.05) is 19.5 Å². The van der Waals surface area contributed by atoms with E-state index >= 15 is 0 Å². The number of amides is 5. The predicted molar refractivity (Wildman–Crippen MR) is 126 cm³/mol. The summed E-state index contributed by atoms with van der Waals surface area (Å²) in [5.41, 5.74) is 5.57. The van der Waals surface area contributed by atoms with E-state index in [1.165, 1.54) is 0 Å². The third kappa shape index (κ3) is 8.50. The molecule has 1 aliphatic heterocycles. The molecule has 1 saturated heterocycles. The fourth-order valence-corrected chi connectivity index (χ4v) is 4.21. The van der Waals surface area contributed by atoms with Gasteiger partial charge in [-0.15, -0.1) is 0 Å². The molecule has 1 aliphatic carbocycles. The van der Waals surface area contributed by atoms with Gasteiger partial charge in [0.2, 0.25) is 17.7 Å². The molecule has 1 aromatic rings. The van der Waals surface area contributed by atoms with Crippen LogP contribution >= 0.6 is 0 Å². The van der Waals surface area contributed by atoms with Gasteiger partial charge in [-0.2, -0.15) is 0 Å². The third-order valence-corrected chi connectivity index (χ3v) is 6.04. The first-order valence-corrected chi connectivity index (χ1v) is 11.7. The summed E-state index contributed by atoms with van der Waals surface area (Å²) in [5.74, 6) is -1.40. The second kappa shape index (κ2) is 13.4. The number of nitrogens with two attached hydrogens (primary N) is 1. The summed E-state index contributed by atoms with van der Waals surface area (Å²) < 4.78 is 10.1. The molecule has 1 saturated carbocycles. The van der Waals surface area contributed by atoms with Gasteiger partial charge < -0.3 is 41.8 Å². The topological polar surface area (TPSA) is 190 Å². The Hall–Kier alpha value is -3.71. The lowest BCUT2D eigenvalue weighted by molar-refractivity contribution is -0.135. The number of ether oxygens (including phenoxy) is 2. The van der Waals surface area contributed by atoms with Gasteiger partial charge in [-0.05, 0) is 23.8 Å². The van der Waals surface area contributed by atoms with E-state index in [0.717, 1.165) is 25.1 Å². The van der Waals surface area contributed by atoms with Crippen molar-refractivity contribution in [2.24, 2.45) is 17.6 Å². The van der Waals surface area contributed by atoms with Gasteiger partial charge in [0.05, 0.1) is 19.2 Å². The molecule has 2 aliphatic rings. The summed E-state index contributed by atoms with van der Waals surface area (Å²) in [4.78, 5) is 59.4. The second-order valence-corrected chi connectivity index (χ2v) is 8.70. The maximum Gasteiger partial charge on any atom is 0.405 e. The molecule has 7 N–H and O–H groups in total. The van der Waals surface area contributed by atoms with Gasteiger partial charge in [-0.25, -0.2) is 4.79 Å². The molecular weight excluding hydrogens is 472 g/mol. The summed E-state index contributed by atoms with van der Waals surface area (Å²) in [6, 6.07) is 8.01. The summed E-state index contributed by atoms with van der Waals surface area (Å²) in [5, 5.41) is 13.3. The lowest BCUT2D eigenvalue weighted by Crippen LogP contribution is -2.58. The van der Waals surface area contributed by atoms with E-state index in [0.29, 0.717) is 11.8 Å². The standard InChI is InChI=1S/C23H32N6O7/c24-23(34)35-12-20(32)26-11-19(31)29-17(6-14-4-2-1-3-5-14)22(33)27-10-18(30)28-13-36-21-15-7-16(21)9-25-8-15/h1-5,15-17,21,25H,6-13H2,(H2,24,34)(H,26,32)(H,27,33)(H,28,30)(H,29,31)/t15?,16?,17-,21?/m0/s1. The van der Waals surface area contributed by atoms with Gasteiger partial charge >= 0.3 is 6.09 Å². The van der Waals surface area contributed by atoms with Gasteiger partial charge in [0.25, 0.3) is 5.91 Å².